The Labute approximate surface area is 528 Å². The number of benzene rings is 2. The summed E-state index contributed by atoms with van der Waals surface area (Å²) in [5.74, 6) is -4.78. The highest BCUT2D eigenvalue weighted by Gasteiger charge is 2.44. The summed E-state index contributed by atoms with van der Waals surface area (Å²) < 4.78 is 35.8. The van der Waals surface area contributed by atoms with E-state index < -0.39 is 90.1 Å². The van der Waals surface area contributed by atoms with E-state index in [1.165, 1.54) is 26.2 Å². The van der Waals surface area contributed by atoms with E-state index in [1.54, 1.807) is 80.9 Å². The third-order valence-electron chi connectivity index (χ3n) is 16.5. The first-order valence-electron chi connectivity index (χ1n) is 32.1. The molecule has 3 rings (SSSR count). The number of azide groups is 1. The molecule has 6 amide bonds. The number of Topliss-reactive ketones (excluding diaryl/α,β-unsaturated/α-hetero) is 2. The molecule has 24 heteroatoms. The zero-order chi connectivity index (χ0) is 66.9. The molecule has 11 atom stereocenters. The molecule has 2 aromatic carbocycles. The van der Waals surface area contributed by atoms with Gasteiger partial charge in [0.15, 0.2) is 11.6 Å². The minimum Gasteiger partial charge on any atom is -0.445 e. The molecule has 0 aliphatic carbocycles. The molecule has 89 heavy (non-hydrogen) atoms. The number of hydrogen-bond acceptors (Lipinski definition) is 16. The molecule has 2 aromatic rings. The summed E-state index contributed by atoms with van der Waals surface area (Å²) >= 11 is 0. The van der Waals surface area contributed by atoms with E-state index in [0.717, 1.165) is 6.42 Å². The van der Waals surface area contributed by atoms with Crippen molar-refractivity contribution in [2.24, 2.45) is 34.7 Å². The van der Waals surface area contributed by atoms with Gasteiger partial charge in [0, 0.05) is 78.7 Å². The van der Waals surface area contributed by atoms with Crippen LogP contribution in [0.5, 0.6) is 0 Å². The van der Waals surface area contributed by atoms with Crippen molar-refractivity contribution in [3.05, 3.63) is 76.2 Å². The maximum Gasteiger partial charge on any atom is 0.410 e. The van der Waals surface area contributed by atoms with Crippen LogP contribution in [0.4, 0.5) is 10.5 Å². The summed E-state index contributed by atoms with van der Waals surface area (Å²) in [5, 5.41) is 26.3. The van der Waals surface area contributed by atoms with Gasteiger partial charge in [-0.05, 0) is 98.7 Å². The van der Waals surface area contributed by atoms with Crippen LogP contribution in [0.3, 0.4) is 0 Å². The summed E-state index contributed by atoms with van der Waals surface area (Å²) in [6.45, 7) is 16.5. The number of ether oxygens (including phenoxy) is 5. The maximum atomic E-state index is 14.8. The van der Waals surface area contributed by atoms with Gasteiger partial charge in [0.2, 0.25) is 29.5 Å². The molecule has 1 aliphatic rings. The van der Waals surface area contributed by atoms with Gasteiger partial charge < -0.3 is 59.9 Å². The van der Waals surface area contributed by atoms with Crippen LogP contribution in [-0.4, -0.2) is 190 Å². The Bertz CT molecular complexity index is 2580. The molecule has 1 aliphatic heterocycles. The number of nitrogens with one attached hydrogen (secondary N) is 4. The third kappa shape index (κ3) is 25.3. The van der Waals surface area contributed by atoms with Crippen molar-refractivity contribution < 1.29 is 68.5 Å². The van der Waals surface area contributed by atoms with Crippen LogP contribution in [0, 0.1) is 29.6 Å². The second-order valence-electron chi connectivity index (χ2n) is 23.9. The average Bonchev–Trinajstić information content (AvgIpc) is 1.78. The van der Waals surface area contributed by atoms with Crippen molar-refractivity contribution in [2.75, 3.05) is 86.2 Å². The lowest BCUT2D eigenvalue weighted by Crippen LogP contribution is -2.60. The van der Waals surface area contributed by atoms with Crippen LogP contribution in [0.25, 0.3) is 10.4 Å². The Morgan fingerprint density at radius 3 is 2.15 bits per heavy atom. The van der Waals surface area contributed by atoms with E-state index in [2.05, 4.69) is 31.3 Å². The van der Waals surface area contributed by atoms with E-state index in [0.29, 0.717) is 81.6 Å². The number of carbonyl (C=O) groups excluding carboxylic acids is 8. The fourth-order valence-electron chi connectivity index (χ4n) is 11.3. The highest BCUT2D eigenvalue weighted by Crippen LogP contribution is 2.31. The maximum absolute atomic E-state index is 14.8. The number of carbonyl (C=O) groups is 8. The number of methoxy groups -OCH3 is 2. The smallest absolute Gasteiger partial charge is 0.410 e. The Kier molecular flexibility index (Phi) is 34.5. The van der Waals surface area contributed by atoms with Gasteiger partial charge in [-0.1, -0.05) is 116 Å². The van der Waals surface area contributed by atoms with Crippen LogP contribution < -0.4 is 21.3 Å². The van der Waals surface area contributed by atoms with Crippen LogP contribution in [0.1, 0.15) is 145 Å². The number of rotatable bonds is 43. The van der Waals surface area contributed by atoms with Crippen LogP contribution >= 0.6 is 0 Å². The first-order valence-corrected chi connectivity index (χ1v) is 31.4. The molecule has 1 fully saturated rings. The summed E-state index contributed by atoms with van der Waals surface area (Å²) in [4.78, 5) is 117. The van der Waals surface area contributed by atoms with Crippen molar-refractivity contribution in [2.45, 2.75) is 182 Å². The number of likely N-dealkylation sites (tertiary alicyclic amines) is 1. The average molecular weight is 1250 g/mol. The second-order valence-corrected chi connectivity index (χ2v) is 23.9. The first-order chi connectivity index (χ1) is 43.0. The van der Waals surface area contributed by atoms with Crippen molar-refractivity contribution in [1.82, 2.24) is 30.7 Å². The predicted octanol–water partition coefficient (Wildman–Crippen LogP) is 7.57. The molecule has 1 heterocycles. The molecular weight excluding hydrogens is 1140 g/mol. The van der Waals surface area contributed by atoms with Crippen molar-refractivity contribution in [3.8, 4) is 0 Å². The number of unbranched alkanes of at least 4 members (excludes halogenated alkanes) is 1. The Morgan fingerprint density at radius 1 is 0.820 bits per heavy atom. The monoisotopic (exact) mass is 1250 g/mol. The standard InChI is InChI=1S/C65H104N10O14/c1-14-44(7)58(54(85-12)38-55(78)75-34-21-27-53(75)60(86-13)45(8)61(80)69-46(9)59(79)48-23-17-16-18-24-48)73(10)64(83)56(42(3)4)71-63(82)57(43(5)6)74(11)65(84)89-39-47-28-30-50(31-29-47)70-62(81)49(25-19-20-32-67-15-2)37-52(77)41-88-40-51(76)26-22-35-87-36-33-68-72-66/h16-18,23-24,28-31,42-46,49,53-54,56-60,67,79H,14-15,19-22,25-27,32-41H2,1-13H3,(H,69,80)(H,70,81)(H,71,82)/t44-,45+,46+,49+,53-,54+,56-,57-,58-,59+,60+/m0/s1/i2T. The number of hydrogen-bond donors (Lipinski definition) is 5. The van der Waals surface area contributed by atoms with Crippen LogP contribution in [-0.2, 0) is 63.9 Å². The lowest BCUT2D eigenvalue weighted by molar-refractivity contribution is -0.148. The Hall–Kier alpha value is -6.53. The summed E-state index contributed by atoms with van der Waals surface area (Å²) in [7, 11) is 6.13. The summed E-state index contributed by atoms with van der Waals surface area (Å²) in [5.41, 5.74) is 10.0. The quantitative estimate of drug-likeness (QED) is 0.0185. The normalized spacial score (nSPS) is 16.7. The predicted molar refractivity (Wildman–Crippen MR) is 339 cm³/mol. The summed E-state index contributed by atoms with van der Waals surface area (Å²) in [6.07, 6.45) is 1.01. The fraction of sp³-hybridized carbons (Fsp3) is 0.692. The van der Waals surface area contributed by atoms with Gasteiger partial charge >= 0.3 is 6.09 Å². The second kappa shape index (κ2) is 41.0. The number of ketones is 2. The molecule has 0 spiro atoms. The number of amides is 6. The fourth-order valence-corrected chi connectivity index (χ4v) is 11.3. The Morgan fingerprint density at radius 2 is 1.52 bits per heavy atom. The van der Waals surface area contributed by atoms with E-state index in [-0.39, 0.29) is 94.3 Å². The first kappa shape index (κ1) is 74.9. The molecule has 5 N–H and O–H groups in total. The number of anilines is 1. The number of aliphatic hydroxyl groups is 1. The minimum atomic E-state index is -1.06. The zero-order valence-corrected chi connectivity index (χ0v) is 54.8. The van der Waals surface area contributed by atoms with E-state index >= 15 is 0 Å². The third-order valence-corrected chi connectivity index (χ3v) is 16.5. The Balaban J connectivity index is 1.65. The molecule has 0 aromatic heterocycles. The SMILES string of the molecule is [3H]CCNCCCC[C@H](CC(=O)COCC(=O)CCCOCCN=[N+]=[N-])C(=O)Nc1ccc(COC(=O)N(C)[C@H](C(=O)N[C@H](C(=O)N(C)[C@@H]([C@@H](C)CC)[C@@H](CC(=O)N2CCC[C@H]2[C@H](OC)[C@@H](C)C(=O)N[C@H](C)[C@@H](O)c2ccccc2)OC)C(C)C)C(C)C)cc1. The molecular formula is C65H104N10O14. The van der Waals surface area contributed by atoms with Gasteiger partial charge in [0.1, 0.15) is 31.9 Å². The van der Waals surface area contributed by atoms with Gasteiger partial charge in [0.25, 0.3) is 0 Å². The van der Waals surface area contributed by atoms with E-state index in [1.807, 2.05) is 45.9 Å². The summed E-state index contributed by atoms with van der Waals surface area (Å²) in [6, 6.07) is 12.0. The van der Waals surface area contributed by atoms with Gasteiger partial charge in [-0.3, -0.25) is 38.5 Å². The molecule has 0 saturated carbocycles. The van der Waals surface area contributed by atoms with Gasteiger partial charge in [-0.2, -0.15) is 0 Å². The van der Waals surface area contributed by atoms with Crippen molar-refractivity contribution >= 4 is 52.9 Å². The number of likely N-dealkylation sites (N-methyl/N-ethyl adjacent to an activating group) is 2. The highest BCUT2D eigenvalue weighted by molar-refractivity contribution is 5.96. The largest absolute Gasteiger partial charge is 0.445 e. The zero-order valence-electron chi connectivity index (χ0n) is 55.8. The molecule has 1 saturated heterocycles. The molecule has 0 radical (unpaired) electrons. The van der Waals surface area contributed by atoms with Crippen molar-refractivity contribution in [1.29, 1.82) is 0 Å². The van der Waals surface area contributed by atoms with Crippen LogP contribution in [0.2, 0.25) is 0 Å². The molecule has 0 unspecified atom stereocenters. The highest BCUT2D eigenvalue weighted by atomic mass is 16.6. The van der Waals surface area contributed by atoms with E-state index in [9.17, 15) is 43.5 Å². The lowest BCUT2D eigenvalue weighted by Gasteiger charge is -2.41. The molecule has 0 bridgehead atoms. The molecule has 24 nitrogen and oxygen atoms in total. The number of nitrogens with zero attached hydrogens (tertiary/aromatic N) is 6. The minimum absolute atomic E-state index is 0.0792. The van der Waals surface area contributed by atoms with Crippen LogP contribution in [0.15, 0.2) is 59.7 Å². The number of aliphatic hydroxyl groups excluding tert-OH is 1. The molecule has 498 valence electrons. The van der Waals surface area contributed by atoms with Crippen molar-refractivity contribution in [3.63, 3.8) is 0 Å². The topological polar surface area (TPSA) is 310 Å². The lowest BCUT2D eigenvalue weighted by atomic mass is 9.89. The van der Waals surface area contributed by atoms with Gasteiger partial charge in [-0.25, -0.2) is 4.79 Å². The van der Waals surface area contributed by atoms with Gasteiger partial charge in [0.05, 0.1) is 55.4 Å². The van der Waals surface area contributed by atoms with E-state index in [4.69, 9.17) is 30.6 Å². The van der Waals surface area contributed by atoms with Gasteiger partial charge in [-0.15, -0.1) is 0 Å².